The number of nitrogens with one attached hydrogen (secondary N) is 1. The number of nitrogens with zero attached hydrogens (tertiary/aromatic N) is 1. The summed E-state index contributed by atoms with van der Waals surface area (Å²) in [6.45, 7) is 1.67. The minimum absolute atomic E-state index is 0.149. The van der Waals surface area contributed by atoms with Crippen molar-refractivity contribution in [2.75, 3.05) is 18.5 Å². The van der Waals surface area contributed by atoms with Crippen LogP contribution in [-0.2, 0) is 4.79 Å². The monoisotopic (exact) mass is 424 g/mol. The molecule has 1 aromatic heterocycles. The number of furan rings is 1. The SMILES string of the molecule is C#Cc1cccc(N(CC(=O)NC)C(=O)c2oc3ccc(Br)cc3c2C)c1. The van der Waals surface area contributed by atoms with Crippen LogP contribution in [0.25, 0.3) is 11.0 Å². The lowest BCUT2D eigenvalue weighted by atomic mass is 10.1. The van der Waals surface area contributed by atoms with Crippen LogP contribution in [0, 0.1) is 19.3 Å². The Bertz CT molecular complexity index is 1080. The highest BCUT2D eigenvalue weighted by Crippen LogP contribution is 2.30. The maximum atomic E-state index is 13.3. The number of likely N-dealkylation sites (N-methyl/N-ethyl adjacent to an activating group) is 1. The molecule has 1 N–H and O–H groups in total. The molecule has 1 heterocycles. The molecule has 6 heteroatoms. The van der Waals surface area contributed by atoms with E-state index in [2.05, 4.69) is 27.2 Å². The minimum Gasteiger partial charge on any atom is -0.451 e. The van der Waals surface area contributed by atoms with Crippen molar-refractivity contribution in [3.63, 3.8) is 0 Å². The Hall–Kier alpha value is -3.04. The number of benzene rings is 2. The maximum absolute atomic E-state index is 13.3. The number of amides is 2. The molecule has 2 amide bonds. The van der Waals surface area contributed by atoms with E-state index in [-0.39, 0.29) is 18.2 Å². The summed E-state index contributed by atoms with van der Waals surface area (Å²) in [7, 11) is 1.52. The van der Waals surface area contributed by atoms with Crippen LogP contribution in [0.5, 0.6) is 0 Å². The molecule has 0 unspecified atom stereocenters. The fourth-order valence-electron chi connectivity index (χ4n) is 2.79. The fourth-order valence-corrected chi connectivity index (χ4v) is 3.15. The molecule has 0 saturated heterocycles. The van der Waals surface area contributed by atoms with Crippen LogP contribution in [0.1, 0.15) is 21.7 Å². The lowest BCUT2D eigenvalue weighted by Crippen LogP contribution is -2.40. The maximum Gasteiger partial charge on any atom is 0.294 e. The first-order valence-corrected chi connectivity index (χ1v) is 9.01. The van der Waals surface area contributed by atoms with Gasteiger partial charge in [-0.3, -0.25) is 14.5 Å². The van der Waals surface area contributed by atoms with Gasteiger partial charge in [-0.15, -0.1) is 6.42 Å². The van der Waals surface area contributed by atoms with Gasteiger partial charge in [-0.1, -0.05) is 27.9 Å². The average molecular weight is 425 g/mol. The van der Waals surface area contributed by atoms with Crippen molar-refractivity contribution >= 4 is 44.4 Å². The van der Waals surface area contributed by atoms with E-state index in [1.807, 2.05) is 19.1 Å². The van der Waals surface area contributed by atoms with Crippen LogP contribution in [0.15, 0.2) is 51.4 Å². The van der Waals surface area contributed by atoms with Crippen LogP contribution >= 0.6 is 15.9 Å². The second-order valence-corrected chi connectivity index (χ2v) is 6.87. The summed E-state index contributed by atoms with van der Waals surface area (Å²) in [6, 6.07) is 12.5. The summed E-state index contributed by atoms with van der Waals surface area (Å²) in [5.41, 5.74) is 2.47. The van der Waals surface area contributed by atoms with Crippen molar-refractivity contribution in [3.05, 3.63) is 63.8 Å². The summed E-state index contributed by atoms with van der Waals surface area (Å²) < 4.78 is 6.70. The number of rotatable bonds is 4. The Morgan fingerprint density at radius 1 is 1.26 bits per heavy atom. The van der Waals surface area contributed by atoms with Gasteiger partial charge in [0.1, 0.15) is 12.1 Å². The number of fused-ring (bicyclic) bond motifs is 1. The van der Waals surface area contributed by atoms with E-state index in [4.69, 9.17) is 10.8 Å². The third-order valence-corrected chi connectivity index (χ3v) is 4.74. The predicted molar refractivity (Wildman–Crippen MR) is 109 cm³/mol. The zero-order valence-electron chi connectivity index (χ0n) is 14.9. The van der Waals surface area contributed by atoms with Crippen molar-refractivity contribution in [1.82, 2.24) is 5.32 Å². The highest BCUT2D eigenvalue weighted by molar-refractivity contribution is 9.10. The van der Waals surface area contributed by atoms with Crippen LogP contribution in [0.2, 0.25) is 0 Å². The van der Waals surface area contributed by atoms with Gasteiger partial charge in [-0.2, -0.15) is 0 Å². The van der Waals surface area contributed by atoms with Crippen LogP contribution in [0.3, 0.4) is 0 Å². The van der Waals surface area contributed by atoms with Crippen molar-refractivity contribution < 1.29 is 14.0 Å². The average Bonchev–Trinajstić information content (AvgIpc) is 3.01. The molecular weight excluding hydrogens is 408 g/mol. The second kappa shape index (κ2) is 7.68. The van der Waals surface area contributed by atoms with E-state index < -0.39 is 5.91 Å². The van der Waals surface area contributed by atoms with E-state index in [0.717, 1.165) is 9.86 Å². The summed E-state index contributed by atoms with van der Waals surface area (Å²) in [6.07, 6.45) is 5.47. The lowest BCUT2D eigenvalue weighted by molar-refractivity contribution is -0.119. The molecule has 2 aromatic carbocycles. The lowest BCUT2D eigenvalue weighted by Gasteiger charge is -2.21. The molecule has 0 fully saturated rings. The Kier molecular flexibility index (Phi) is 5.33. The highest BCUT2D eigenvalue weighted by Gasteiger charge is 2.26. The van der Waals surface area contributed by atoms with Crippen LogP contribution < -0.4 is 10.2 Å². The van der Waals surface area contributed by atoms with E-state index in [1.54, 1.807) is 30.3 Å². The Balaban J connectivity index is 2.09. The minimum atomic E-state index is -0.405. The second-order valence-electron chi connectivity index (χ2n) is 5.96. The number of carbonyl (C=O) groups is 2. The van der Waals surface area contributed by atoms with Crippen molar-refractivity contribution in [1.29, 1.82) is 0 Å². The number of carbonyl (C=O) groups excluding carboxylic acids is 2. The molecule has 0 spiro atoms. The van der Waals surface area contributed by atoms with Gasteiger partial charge in [0.15, 0.2) is 5.76 Å². The summed E-state index contributed by atoms with van der Waals surface area (Å²) >= 11 is 3.43. The third-order valence-electron chi connectivity index (χ3n) is 4.24. The molecule has 3 aromatic rings. The fraction of sp³-hybridized carbons (Fsp3) is 0.143. The zero-order chi connectivity index (χ0) is 19.6. The third kappa shape index (κ3) is 3.74. The van der Waals surface area contributed by atoms with E-state index in [1.165, 1.54) is 11.9 Å². The molecule has 0 bridgehead atoms. The zero-order valence-corrected chi connectivity index (χ0v) is 16.5. The van der Waals surface area contributed by atoms with Gasteiger partial charge in [0, 0.05) is 33.7 Å². The smallest absolute Gasteiger partial charge is 0.294 e. The number of halogens is 1. The highest BCUT2D eigenvalue weighted by atomic mass is 79.9. The van der Waals surface area contributed by atoms with Crippen molar-refractivity contribution in [2.45, 2.75) is 6.92 Å². The molecule has 0 aliphatic rings. The Morgan fingerprint density at radius 3 is 2.74 bits per heavy atom. The van der Waals surface area contributed by atoms with Gasteiger partial charge in [-0.05, 0) is 43.3 Å². The van der Waals surface area contributed by atoms with E-state index >= 15 is 0 Å². The van der Waals surface area contributed by atoms with E-state index in [0.29, 0.717) is 22.4 Å². The van der Waals surface area contributed by atoms with E-state index in [9.17, 15) is 9.59 Å². The van der Waals surface area contributed by atoms with Crippen LogP contribution in [0.4, 0.5) is 5.69 Å². The molecular formula is C21H17BrN2O3. The number of hydrogen-bond donors (Lipinski definition) is 1. The standard InChI is InChI=1S/C21H17BrN2O3/c1-4-14-6-5-7-16(10-14)24(12-19(25)23-3)21(26)20-13(2)17-11-15(22)8-9-18(17)27-20/h1,5-11H,12H2,2-3H3,(H,23,25). The summed E-state index contributed by atoms with van der Waals surface area (Å²) in [5, 5.41) is 3.38. The van der Waals surface area contributed by atoms with Crippen molar-refractivity contribution in [2.24, 2.45) is 0 Å². The molecule has 0 saturated carbocycles. The first kappa shape index (κ1) is 18.7. The molecule has 5 nitrogen and oxygen atoms in total. The van der Waals surface area contributed by atoms with Crippen molar-refractivity contribution in [3.8, 4) is 12.3 Å². The summed E-state index contributed by atoms with van der Waals surface area (Å²) in [4.78, 5) is 26.6. The largest absolute Gasteiger partial charge is 0.451 e. The molecule has 0 aliphatic heterocycles. The number of terminal acetylenes is 1. The predicted octanol–water partition coefficient (Wildman–Crippen LogP) is 3.88. The Morgan fingerprint density at radius 2 is 2.04 bits per heavy atom. The molecule has 3 rings (SSSR count). The van der Waals surface area contributed by atoms with Gasteiger partial charge in [0.05, 0.1) is 0 Å². The number of anilines is 1. The van der Waals surface area contributed by atoms with Gasteiger partial charge in [-0.25, -0.2) is 0 Å². The van der Waals surface area contributed by atoms with Gasteiger partial charge in [0.25, 0.3) is 5.91 Å². The molecule has 0 aliphatic carbocycles. The van der Waals surface area contributed by atoms with Gasteiger partial charge in [0.2, 0.25) is 5.91 Å². The first-order chi connectivity index (χ1) is 12.9. The van der Waals surface area contributed by atoms with Gasteiger partial charge >= 0.3 is 0 Å². The van der Waals surface area contributed by atoms with Gasteiger partial charge < -0.3 is 9.73 Å². The topological polar surface area (TPSA) is 62.6 Å². The molecule has 136 valence electrons. The quantitative estimate of drug-likeness (QED) is 0.646. The molecule has 27 heavy (non-hydrogen) atoms. The van der Waals surface area contributed by atoms with Crippen LogP contribution in [-0.4, -0.2) is 25.4 Å². The Labute approximate surface area is 165 Å². The first-order valence-electron chi connectivity index (χ1n) is 8.22. The normalized spacial score (nSPS) is 10.4. The number of hydrogen-bond acceptors (Lipinski definition) is 3. The molecule has 0 radical (unpaired) electrons. The molecule has 0 atom stereocenters. The summed E-state index contributed by atoms with van der Waals surface area (Å²) in [5.74, 6) is 2.03. The number of aryl methyl sites for hydroxylation is 1.